The summed E-state index contributed by atoms with van der Waals surface area (Å²) in [6, 6.07) is 24.4. The lowest BCUT2D eigenvalue weighted by atomic mass is 10.2. The molecule has 7 heteroatoms. The molecule has 0 unspecified atom stereocenters. The number of oxazole rings is 1. The summed E-state index contributed by atoms with van der Waals surface area (Å²) in [5, 5.41) is 3.40. The largest absolute Gasteiger partial charge is 0.457 e. The zero-order chi connectivity index (χ0) is 22.8. The second-order valence-corrected chi connectivity index (χ2v) is 8.87. The van der Waals surface area contributed by atoms with Crippen LogP contribution in [0.1, 0.15) is 5.76 Å². The number of halogens is 2. The van der Waals surface area contributed by atoms with Crippen molar-refractivity contribution < 1.29 is 13.6 Å². The molecule has 0 aliphatic carbocycles. The van der Waals surface area contributed by atoms with Gasteiger partial charge in [0.25, 0.3) is 0 Å². The molecule has 162 valence electrons. The fourth-order valence-corrected chi connectivity index (χ4v) is 4.01. The van der Waals surface area contributed by atoms with Crippen molar-refractivity contribution in [3.05, 3.63) is 99.3 Å². The van der Waals surface area contributed by atoms with Crippen molar-refractivity contribution in [1.82, 2.24) is 4.98 Å². The Hall–Kier alpha value is -3.36. The van der Waals surface area contributed by atoms with Gasteiger partial charge in [-0.3, -0.25) is 4.79 Å². The zero-order valence-electron chi connectivity index (χ0n) is 17.1. The lowest BCUT2D eigenvalue weighted by Gasteiger charge is -2.00. The minimum Gasteiger partial charge on any atom is -0.457 e. The van der Waals surface area contributed by atoms with Gasteiger partial charge in [0.2, 0.25) is 11.8 Å². The van der Waals surface area contributed by atoms with Crippen LogP contribution < -0.4 is 5.32 Å². The van der Waals surface area contributed by atoms with Crippen LogP contribution in [-0.4, -0.2) is 10.9 Å². The zero-order valence-corrected chi connectivity index (χ0v) is 20.0. The van der Waals surface area contributed by atoms with Gasteiger partial charge in [-0.05, 0) is 77.2 Å². The van der Waals surface area contributed by atoms with Gasteiger partial charge in [-0.15, -0.1) is 0 Å². The number of nitrogens with zero attached hydrogens (tertiary/aromatic N) is 1. The van der Waals surface area contributed by atoms with E-state index in [1.807, 2.05) is 60.7 Å². The standard InChI is InChI=1S/C26H16ClIN2O3/c27-21-10-6-17(28)14-20(21)26-30-22-15-18(7-11-24(22)33-26)29-25(31)13-9-19-8-12-23(32-19)16-4-2-1-3-5-16/h1-15H,(H,29,31)/b13-9+. The number of benzene rings is 3. The highest BCUT2D eigenvalue weighted by molar-refractivity contribution is 14.1. The van der Waals surface area contributed by atoms with Gasteiger partial charge in [0.05, 0.1) is 10.6 Å². The number of fused-ring (bicyclic) bond motifs is 1. The highest BCUT2D eigenvalue weighted by Crippen LogP contribution is 2.32. The first kappa shape index (κ1) is 21.5. The Bertz CT molecular complexity index is 1490. The smallest absolute Gasteiger partial charge is 0.248 e. The van der Waals surface area contributed by atoms with E-state index in [-0.39, 0.29) is 5.91 Å². The molecule has 0 bridgehead atoms. The van der Waals surface area contributed by atoms with Gasteiger partial charge in [0.1, 0.15) is 17.0 Å². The fraction of sp³-hybridized carbons (Fsp3) is 0. The highest BCUT2D eigenvalue weighted by Gasteiger charge is 2.13. The summed E-state index contributed by atoms with van der Waals surface area (Å²) >= 11 is 8.52. The predicted octanol–water partition coefficient (Wildman–Crippen LogP) is 7.66. The molecule has 5 nitrogen and oxygen atoms in total. The summed E-state index contributed by atoms with van der Waals surface area (Å²) in [6.07, 6.45) is 3.06. The van der Waals surface area contributed by atoms with Crippen molar-refractivity contribution in [3.63, 3.8) is 0 Å². The van der Waals surface area contributed by atoms with Crippen molar-refractivity contribution in [3.8, 4) is 22.8 Å². The van der Waals surface area contributed by atoms with E-state index in [4.69, 9.17) is 20.4 Å². The van der Waals surface area contributed by atoms with Crippen LogP contribution in [0.3, 0.4) is 0 Å². The molecule has 5 aromatic rings. The van der Waals surface area contributed by atoms with Crippen molar-refractivity contribution in [2.75, 3.05) is 5.32 Å². The van der Waals surface area contributed by atoms with E-state index in [0.717, 1.165) is 20.5 Å². The van der Waals surface area contributed by atoms with Crippen LogP contribution in [0.2, 0.25) is 5.02 Å². The van der Waals surface area contributed by atoms with E-state index >= 15 is 0 Å². The summed E-state index contributed by atoms with van der Waals surface area (Å²) in [4.78, 5) is 16.9. The van der Waals surface area contributed by atoms with Crippen LogP contribution in [0, 0.1) is 3.57 Å². The van der Waals surface area contributed by atoms with Crippen molar-refractivity contribution in [1.29, 1.82) is 0 Å². The summed E-state index contributed by atoms with van der Waals surface area (Å²) in [7, 11) is 0. The molecule has 3 aromatic carbocycles. The molecule has 1 amide bonds. The Morgan fingerprint density at radius 1 is 0.970 bits per heavy atom. The molecular formula is C26H16ClIN2O3. The van der Waals surface area contributed by atoms with Crippen LogP contribution in [0.15, 0.2) is 93.8 Å². The maximum atomic E-state index is 12.4. The quantitative estimate of drug-likeness (QED) is 0.175. The van der Waals surface area contributed by atoms with Gasteiger partial charge < -0.3 is 14.2 Å². The topological polar surface area (TPSA) is 68.3 Å². The van der Waals surface area contributed by atoms with Gasteiger partial charge in [-0.25, -0.2) is 4.98 Å². The monoisotopic (exact) mass is 566 g/mol. The summed E-state index contributed by atoms with van der Waals surface area (Å²) < 4.78 is 12.7. The number of carbonyl (C=O) groups is 1. The Morgan fingerprint density at radius 2 is 1.82 bits per heavy atom. The third-order valence-electron chi connectivity index (χ3n) is 4.90. The van der Waals surface area contributed by atoms with Gasteiger partial charge in [0.15, 0.2) is 5.58 Å². The lowest BCUT2D eigenvalue weighted by Crippen LogP contribution is -2.07. The van der Waals surface area contributed by atoms with Gasteiger partial charge in [0, 0.05) is 20.9 Å². The predicted molar refractivity (Wildman–Crippen MR) is 139 cm³/mol. The minimum atomic E-state index is -0.281. The maximum Gasteiger partial charge on any atom is 0.248 e. The van der Waals surface area contributed by atoms with Crippen molar-refractivity contribution in [2.24, 2.45) is 0 Å². The number of rotatable bonds is 5. The number of nitrogens with one attached hydrogen (secondary N) is 1. The number of hydrogen-bond donors (Lipinski definition) is 1. The molecule has 0 atom stereocenters. The molecule has 1 N–H and O–H groups in total. The van der Waals surface area contributed by atoms with Gasteiger partial charge >= 0.3 is 0 Å². The molecule has 0 radical (unpaired) electrons. The van der Waals surface area contributed by atoms with E-state index in [0.29, 0.717) is 33.5 Å². The molecule has 0 saturated heterocycles. The third-order valence-corrected chi connectivity index (χ3v) is 5.90. The first-order chi connectivity index (χ1) is 16.0. The van der Waals surface area contributed by atoms with Crippen molar-refractivity contribution in [2.45, 2.75) is 0 Å². The molecule has 0 fully saturated rings. The molecule has 0 aliphatic rings. The summed E-state index contributed by atoms with van der Waals surface area (Å²) in [5.41, 5.74) is 3.54. The highest BCUT2D eigenvalue weighted by atomic mass is 127. The average molecular weight is 567 g/mol. The summed E-state index contributed by atoms with van der Waals surface area (Å²) in [6.45, 7) is 0. The molecule has 0 saturated carbocycles. The SMILES string of the molecule is O=C(/C=C/c1ccc(-c2ccccc2)o1)Nc1ccc2oc(-c3cc(I)ccc3Cl)nc2c1. The second-order valence-electron chi connectivity index (χ2n) is 7.22. The van der Waals surface area contributed by atoms with E-state index in [1.54, 1.807) is 24.3 Å². The van der Waals surface area contributed by atoms with Gasteiger partial charge in [-0.1, -0.05) is 41.9 Å². The lowest BCUT2D eigenvalue weighted by molar-refractivity contribution is -0.111. The number of aromatic nitrogens is 1. The van der Waals surface area contributed by atoms with Crippen LogP contribution >= 0.6 is 34.2 Å². The molecule has 5 rings (SSSR count). The first-order valence-corrected chi connectivity index (χ1v) is 11.5. The molecule has 0 aliphatic heterocycles. The minimum absolute atomic E-state index is 0.281. The fourth-order valence-electron chi connectivity index (χ4n) is 3.32. The maximum absolute atomic E-state index is 12.4. The number of furan rings is 1. The number of hydrogen-bond acceptors (Lipinski definition) is 4. The number of amides is 1. The van der Waals surface area contributed by atoms with Gasteiger partial charge in [-0.2, -0.15) is 0 Å². The second kappa shape index (κ2) is 9.25. The van der Waals surface area contributed by atoms with Crippen molar-refractivity contribution >= 4 is 63.0 Å². The normalized spacial score (nSPS) is 11.3. The van der Waals surface area contributed by atoms with Crippen LogP contribution in [0.25, 0.3) is 40.0 Å². The van der Waals surface area contributed by atoms with E-state index < -0.39 is 0 Å². The Labute approximate surface area is 208 Å². The van der Waals surface area contributed by atoms with E-state index in [1.165, 1.54) is 6.08 Å². The van der Waals surface area contributed by atoms with Crippen LogP contribution in [0.4, 0.5) is 5.69 Å². The Kier molecular flexibility index (Phi) is 6.02. The van der Waals surface area contributed by atoms with Crippen LogP contribution in [-0.2, 0) is 4.79 Å². The average Bonchev–Trinajstić information content (AvgIpc) is 3.47. The Morgan fingerprint density at radius 3 is 2.67 bits per heavy atom. The third kappa shape index (κ3) is 4.86. The van der Waals surface area contributed by atoms with E-state index in [9.17, 15) is 4.79 Å². The number of carbonyl (C=O) groups excluding carboxylic acids is 1. The molecule has 2 aromatic heterocycles. The first-order valence-electron chi connectivity index (χ1n) is 10.1. The van der Waals surface area contributed by atoms with E-state index in [2.05, 4.69) is 32.9 Å². The molecule has 2 heterocycles. The summed E-state index contributed by atoms with van der Waals surface area (Å²) in [5.74, 6) is 1.49. The molecule has 0 spiro atoms. The Balaban J connectivity index is 1.30. The number of anilines is 1. The van der Waals surface area contributed by atoms with Crippen LogP contribution in [0.5, 0.6) is 0 Å². The molecule has 33 heavy (non-hydrogen) atoms. The molecular weight excluding hydrogens is 551 g/mol.